The summed E-state index contributed by atoms with van der Waals surface area (Å²) in [6, 6.07) is 5.54. The van der Waals surface area contributed by atoms with Crippen molar-refractivity contribution in [3.63, 3.8) is 0 Å². The lowest BCUT2D eigenvalue weighted by Gasteiger charge is -2.25. The second-order valence-corrected chi connectivity index (χ2v) is 7.39. The van der Waals surface area contributed by atoms with Crippen molar-refractivity contribution in [3.05, 3.63) is 35.1 Å². The zero-order chi connectivity index (χ0) is 17.5. The van der Waals surface area contributed by atoms with Crippen LogP contribution in [-0.2, 0) is 12.3 Å². The number of halogens is 1. The van der Waals surface area contributed by atoms with Crippen molar-refractivity contribution >= 4 is 17.7 Å². The zero-order valence-electron chi connectivity index (χ0n) is 15.1. The van der Waals surface area contributed by atoms with Crippen LogP contribution in [0.25, 0.3) is 0 Å². The largest absolute Gasteiger partial charge is 0.355 e. The molecule has 0 amide bonds. The molecule has 0 spiro atoms. The fourth-order valence-electron chi connectivity index (χ4n) is 2.91. The Kier molecular flexibility index (Phi) is 7.37. The van der Waals surface area contributed by atoms with Crippen LogP contribution in [0.15, 0.2) is 23.2 Å². The molecule has 0 aromatic heterocycles. The molecule has 1 aliphatic carbocycles. The van der Waals surface area contributed by atoms with E-state index in [0.29, 0.717) is 12.6 Å². The van der Waals surface area contributed by atoms with Gasteiger partial charge in [-0.2, -0.15) is 11.8 Å². The molecule has 1 aliphatic rings. The van der Waals surface area contributed by atoms with Crippen molar-refractivity contribution in [1.29, 1.82) is 0 Å². The van der Waals surface area contributed by atoms with Crippen molar-refractivity contribution < 1.29 is 4.39 Å². The lowest BCUT2D eigenvalue weighted by molar-refractivity contribution is 0.264. The highest BCUT2D eigenvalue weighted by molar-refractivity contribution is 7.97. The Bertz CT molecular complexity index is 556. The van der Waals surface area contributed by atoms with Gasteiger partial charge in [-0.25, -0.2) is 4.39 Å². The molecule has 4 nitrogen and oxygen atoms in total. The van der Waals surface area contributed by atoms with Crippen LogP contribution in [0.4, 0.5) is 4.39 Å². The summed E-state index contributed by atoms with van der Waals surface area (Å²) < 4.78 is 13.4. The molecule has 24 heavy (non-hydrogen) atoms. The minimum absolute atomic E-state index is 0.177. The van der Waals surface area contributed by atoms with E-state index in [1.54, 1.807) is 24.9 Å². The number of likely N-dealkylation sites (N-methyl/N-ethyl adjacent to an activating group) is 1. The van der Waals surface area contributed by atoms with Gasteiger partial charge in [0.1, 0.15) is 5.82 Å². The fourth-order valence-corrected chi connectivity index (χ4v) is 3.49. The molecule has 6 heteroatoms. The second-order valence-electron chi connectivity index (χ2n) is 6.52. The van der Waals surface area contributed by atoms with Gasteiger partial charge in [-0.1, -0.05) is 6.07 Å². The first-order valence-electron chi connectivity index (χ1n) is 8.42. The smallest absolute Gasteiger partial charge is 0.191 e. The number of nitrogens with one attached hydrogen (secondary N) is 2. The van der Waals surface area contributed by atoms with Crippen molar-refractivity contribution in [2.24, 2.45) is 10.9 Å². The zero-order valence-corrected chi connectivity index (χ0v) is 15.9. The second kappa shape index (κ2) is 9.28. The van der Waals surface area contributed by atoms with E-state index in [4.69, 9.17) is 0 Å². The van der Waals surface area contributed by atoms with E-state index in [-0.39, 0.29) is 5.82 Å². The molecule has 1 atom stereocenters. The van der Waals surface area contributed by atoms with Gasteiger partial charge in [-0.15, -0.1) is 0 Å². The Hall–Kier alpha value is -1.27. The van der Waals surface area contributed by atoms with Crippen molar-refractivity contribution in [2.45, 2.75) is 31.2 Å². The number of nitrogens with zero attached hydrogens (tertiary/aromatic N) is 2. The molecule has 0 saturated heterocycles. The van der Waals surface area contributed by atoms with Crippen LogP contribution in [0, 0.1) is 11.7 Å². The van der Waals surface area contributed by atoms with Crippen molar-refractivity contribution in [2.75, 3.05) is 33.9 Å². The number of rotatable bonds is 8. The Morgan fingerprint density at radius 3 is 2.67 bits per heavy atom. The summed E-state index contributed by atoms with van der Waals surface area (Å²) in [5.74, 6) is 2.23. The molecule has 1 saturated carbocycles. The van der Waals surface area contributed by atoms with Crippen LogP contribution in [-0.4, -0.2) is 50.8 Å². The molecule has 1 unspecified atom stereocenters. The number of hydrogen-bond acceptors (Lipinski definition) is 3. The number of guanidine groups is 1. The molecule has 2 rings (SSSR count). The Balaban J connectivity index is 1.89. The van der Waals surface area contributed by atoms with Gasteiger partial charge >= 0.3 is 0 Å². The molecule has 0 bridgehead atoms. The molecule has 1 aromatic carbocycles. The summed E-state index contributed by atoms with van der Waals surface area (Å²) in [5.41, 5.74) is 2.15. The standard InChI is InChI=1S/C18H29FN4S/c1-20-18(22-11-17(23(2)3)13-5-6-13)21-10-14-7-8-16(19)9-15(14)12-24-4/h7-9,13,17H,5-6,10-12H2,1-4H3,(H2,20,21,22). The highest BCUT2D eigenvalue weighted by atomic mass is 32.2. The first kappa shape index (κ1) is 19.1. The molecular formula is C18H29FN4S. The lowest BCUT2D eigenvalue weighted by Crippen LogP contribution is -2.45. The van der Waals surface area contributed by atoms with E-state index >= 15 is 0 Å². The minimum Gasteiger partial charge on any atom is -0.355 e. The predicted molar refractivity (Wildman–Crippen MR) is 102 cm³/mol. The first-order chi connectivity index (χ1) is 11.5. The van der Waals surface area contributed by atoms with E-state index < -0.39 is 0 Å². The third-order valence-corrected chi connectivity index (χ3v) is 5.05. The quantitative estimate of drug-likeness (QED) is 0.557. The number of thioether (sulfide) groups is 1. The summed E-state index contributed by atoms with van der Waals surface area (Å²) in [6.07, 6.45) is 4.68. The highest BCUT2D eigenvalue weighted by Gasteiger charge is 2.32. The first-order valence-corrected chi connectivity index (χ1v) is 9.81. The van der Waals surface area contributed by atoms with Gasteiger partial charge in [-0.3, -0.25) is 4.99 Å². The molecule has 134 valence electrons. The molecule has 1 fully saturated rings. The Labute approximate surface area is 149 Å². The van der Waals surface area contributed by atoms with Gasteiger partial charge < -0.3 is 15.5 Å². The average molecular weight is 353 g/mol. The van der Waals surface area contributed by atoms with E-state index in [1.807, 2.05) is 12.3 Å². The molecule has 1 aromatic rings. The lowest BCUT2D eigenvalue weighted by atomic mass is 10.1. The summed E-state index contributed by atoms with van der Waals surface area (Å²) in [4.78, 5) is 6.59. The van der Waals surface area contributed by atoms with Gasteiger partial charge in [0.25, 0.3) is 0 Å². The number of benzene rings is 1. The molecule has 0 heterocycles. The normalized spacial score (nSPS) is 16.3. The highest BCUT2D eigenvalue weighted by Crippen LogP contribution is 2.34. The molecule has 0 aliphatic heterocycles. The van der Waals surface area contributed by atoms with Crippen LogP contribution >= 0.6 is 11.8 Å². The summed E-state index contributed by atoms with van der Waals surface area (Å²) in [5, 5.41) is 6.77. The number of aliphatic imine (C=N–C) groups is 1. The van der Waals surface area contributed by atoms with Gasteiger partial charge in [-0.05, 0) is 62.4 Å². The van der Waals surface area contributed by atoms with Crippen molar-refractivity contribution in [3.8, 4) is 0 Å². The Morgan fingerprint density at radius 1 is 1.33 bits per heavy atom. The van der Waals surface area contributed by atoms with Crippen LogP contribution in [0.3, 0.4) is 0 Å². The topological polar surface area (TPSA) is 39.7 Å². The summed E-state index contributed by atoms with van der Waals surface area (Å²) in [6.45, 7) is 1.53. The van der Waals surface area contributed by atoms with Crippen LogP contribution < -0.4 is 10.6 Å². The van der Waals surface area contributed by atoms with Crippen LogP contribution in [0.5, 0.6) is 0 Å². The third-order valence-electron chi connectivity index (χ3n) is 4.45. The van der Waals surface area contributed by atoms with Gasteiger partial charge in [0.15, 0.2) is 5.96 Å². The van der Waals surface area contributed by atoms with Gasteiger partial charge in [0.2, 0.25) is 0 Å². The maximum Gasteiger partial charge on any atom is 0.191 e. The van der Waals surface area contributed by atoms with E-state index in [0.717, 1.165) is 35.3 Å². The van der Waals surface area contributed by atoms with Gasteiger partial charge in [0, 0.05) is 31.9 Å². The van der Waals surface area contributed by atoms with Crippen LogP contribution in [0.2, 0.25) is 0 Å². The summed E-state index contributed by atoms with van der Waals surface area (Å²) >= 11 is 1.70. The van der Waals surface area contributed by atoms with Gasteiger partial charge in [0.05, 0.1) is 0 Å². The van der Waals surface area contributed by atoms with E-state index in [1.165, 1.54) is 18.9 Å². The molecule has 2 N–H and O–H groups in total. The molecule has 0 radical (unpaired) electrons. The van der Waals surface area contributed by atoms with E-state index in [2.05, 4.69) is 34.6 Å². The fraction of sp³-hybridized carbons (Fsp3) is 0.611. The maximum atomic E-state index is 13.4. The van der Waals surface area contributed by atoms with Crippen molar-refractivity contribution in [1.82, 2.24) is 15.5 Å². The monoisotopic (exact) mass is 352 g/mol. The SMILES string of the molecule is CN=C(NCc1ccc(F)cc1CSC)NCC(C1CC1)N(C)C. The minimum atomic E-state index is -0.177. The third kappa shape index (κ3) is 5.67. The van der Waals surface area contributed by atoms with E-state index in [9.17, 15) is 4.39 Å². The Morgan fingerprint density at radius 2 is 2.08 bits per heavy atom. The maximum absolute atomic E-state index is 13.4. The number of hydrogen-bond donors (Lipinski definition) is 2. The summed E-state index contributed by atoms with van der Waals surface area (Å²) in [7, 11) is 6.05. The average Bonchev–Trinajstić information content (AvgIpc) is 3.37. The predicted octanol–water partition coefficient (Wildman–Crippen LogP) is 2.69. The molecular weight excluding hydrogens is 323 g/mol. The van der Waals surface area contributed by atoms with Crippen LogP contribution in [0.1, 0.15) is 24.0 Å².